The van der Waals surface area contributed by atoms with Crippen LogP contribution in [0.3, 0.4) is 0 Å². The largest absolute Gasteiger partial charge is 0.482 e. The van der Waals surface area contributed by atoms with Crippen molar-refractivity contribution in [2.45, 2.75) is 6.54 Å². The second kappa shape index (κ2) is 10.8. The fourth-order valence-corrected chi connectivity index (χ4v) is 3.92. The van der Waals surface area contributed by atoms with Crippen LogP contribution in [0.2, 0.25) is 5.02 Å². The Morgan fingerprint density at radius 3 is 2.47 bits per heavy atom. The minimum Gasteiger partial charge on any atom is -0.482 e. The van der Waals surface area contributed by atoms with E-state index < -0.39 is 12.6 Å². The summed E-state index contributed by atoms with van der Waals surface area (Å²) in [6.07, 6.45) is 0. The molecule has 0 spiro atoms. The van der Waals surface area contributed by atoms with Crippen LogP contribution in [-0.4, -0.2) is 29.4 Å². The summed E-state index contributed by atoms with van der Waals surface area (Å²) < 4.78 is 5.53. The highest BCUT2D eigenvalue weighted by molar-refractivity contribution is 6.31. The van der Waals surface area contributed by atoms with Crippen LogP contribution in [0.4, 0.5) is 11.4 Å². The summed E-state index contributed by atoms with van der Waals surface area (Å²) in [4.78, 5) is 24.2. The molecule has 0 aliphatic carbocycles. The van der Waals surface area contributed by atoms with Crippen LogP contribution < -0.4 is 21.1 Å². The zero-order valence-electron chi connectivity index (χ0n) is 19.0. The van der Waals surface area contributed by atoms with Crippen LogP contribution in [0.5, 0.6) is 5.75 Å². The first-order chi connectivity index (χ1) is 17.3. The molecule has 182 valence electrons. The molecule has 4 aromatic rings. The van der Waals surface area contributed by atoms with E-state index in [2.05, 4.69) is 10.6 Å². The number of ether oxygens (including phenoxy) is 1. The van der Waals surface area contributed by atoms with Crippen LogP contribution in [0, 0.1) is 5.41 Å². The highest BCUT2D eigenvalue weighted by Gasteiger charge is 2.15. The van der Waals surface area contributed by atoms with Crippen molar-refractivity contribution in [2.24, 2.45) is 5.73 Å². The van der Waals surface area contributed by atoms with Crippen molar-refractivity contribution in [3.8, 4) is 5.75 Å². The Kier molecular flexibility index (Phi) is 7.36. The van der Waals surface area contributed by atoms with E-state index in [1.165, 1.54) is 0 Å². The SMILES string of the molecule is N=C(N)c1ccc(NC(=O)c2cc(Cl)ccc2NCc2c(OCC(=O)O)ccc3ccccc23)cc1. The maximum absolute atomic E-state index is 13.1. The predicted octanol–water partition coefficient (Wildman–Crippen LogP) is 5.11. The number of nitrogen functional groups attached to an aromatic ring is 1. The van der Waals surface area contributed by atoms with Crippen molar-refractivity contribution in [3.05, 3.63) is 101 Å². The van der Waals surface area contributed by atoms with Gasteiger partial charge >= 0.3 is 5.97 Å². The number of fused-ring (bicyclic) bond motifs is 1. The number of rotatable bonds is 9. The molecule has 8 nitrogen and oxygen atoms in total. The molecule has 0 saturated carbocycles. The molecule has 0 heterocycles. The lowest BCUT2D eigenvalue weighted by atomic mass is 10.0. The van der Waals surface area contributed by atoms with Gasteiger partial charge in [0.1, 0.15) is 11.6 Å². The number of hydrogen-bond donors (Lipinski definition) is 5. The minimum absolute atomic E-state index is 0.0608. The van der Waals surface area contributed by atoms with Gasteiger partial charge in [-0.15, -0.1) is 0 Å². The van der Waals surface area contributed by atoms with Gasteiger partial charge in [-0.25, -0.2) is 4.79 Å². The highest BCUT2D eigenvalue weighted by Crippen LogP contribution is 2.30. The Hall–Kier alpha value is -4.56. The monoisotopic (exact) mass is 502 g/mol. The number of carbonyl (C=O) groups excluding carboxylic acids is 1. The molecule has 36 heavy (non-hydrogen) atoms. The smallest absolute Gasteiger partial charge is 0.341 e. The number of halogens is 1. The minimum atomic E-state index is -1.07. The molecule has 0 aliphatic rings. The summed E-state index contributed by atoms with van der Waals surface area (Å²) in [5, 5.41) is 24.9. The molecule has 0 radical (unpaired) electrons. The molecule has 1 amide bonds. The number of carboxylic acid groups (broad SMARTS) is 1. The molecular formula is C27H23ClN4O4. The number of carboxylic acids is 1. The molecule has 0 aromatic heterocycles. The van der Waals surface area contributed by atoms with E-state index in [0.29, 0.717) is 33.3 Å². The second-order valence-electron chi connectivity index (χ2n) is 7.93. The predicted molar refractivity (Wildman–Crippen MR) is 141 cm³/mol. The van der Waals surface area contributed by atoms with Gasteiger partial charge in [-0.3, -0.25) is 10.2 Å². The van der Waals surface area contributed by atoms with E-state index in [4.69, 9.17) is 32.6 Å². The van der Waals surface area contributed by atoms with Crippen molar-refractivity contribution in [3.63, 3.8) is 0 Å². The third-order valence-electron chi connectivity index (χ3n) is 5.48. The van der Waals surface area contributed by atoms with Crippen LogP contribution in [0.15, 0.2) is 78.9 Å². The summed E-state index contributed by atoms with van der Waals surface area (Å²) in [6, 6.07) is 22.9. The number of carbonyl (C=O) groups is 2. The van der Waals surface area contributed by atoms with Gasteiger partial charge in [0.15, 0.2) is 6.61 Å². The molecule has 6 N–H and O–H groups in total. The first-order valence-electron chi connectivity index (χ1n) is 11.0. The van der Waals surface area contributed by atoms with Gasteiger partial charge in [0.05, 0.1) is 5.56 Å². The van der Waals surface area contributed by atoms with Gasteiger partial charge < -0.3 is 26.2 Å². The second-order valence-corrected chi connectivity index (χ2v) is 8.37. The molecule has 0 atom stereocenters. The zero-order valence-corrected chi connectivity index (χ0v) is 19.8. The van der Waals surface area contributed by atoms with E-state index in [1.54, 1.807) is 48.5 Å². The number of amides is 1. The summed E-state index contributed by atoms with van der Waals surface area (Å²) in [5.41, 5.74) is 8.20. The number of nitrogens with one attached hydrogen (secondary N) is 3. The lowest BCUT2D eigenvalue weighted by molar-refractivity contribution is -0.139. The van der Waals surface area contributed by atoms with Crippen LogP contribution in [0.25, 0.3) is 10.8 Å². The summed E-state index contributed by atoms with van der Waals surface area (Å²) in [5.74, 6) is -1.07. The van der Waals surface area contributed by atoms with Crippen molar-refractivity contribution in [2.75, 3.05) is 17.2 Å². The Morgan fingerprint density at radius 2 is 1.75 bits per heavy atom. The Bertz CT molecular complexity index is 1450. The molecule has 0 saturated heterocycles. The third kappa shape index (κ3) is 5.73. The summed E-state index contributed by atoms with van der Waals surface area (Å²) in [6.45, 7) is -0.201. The highest BCUT2D eigenvalue weighted by atomic mass is 35.5. The maximum Gasteiger partial charge on any atom is 0.341 e. The normalized spacial score (nSPS) is 10.6. The number of aliphatic carboxylic acids is 1. The van der Waals surface area contributed by atoms with Crippen molar-refractivity contribution >= 4 is 51.5 Å². The standard InChI is InChI=1S/C27H23ClN4O4/c28-18-8-11-23(21(13-18)27(35)32-19-9-5-17(6-10-19)26(29)30)31-14-22-20-4-2-1-3-16(20)7-12-24(22)36-15-25(33)34/h1-13,31H,14-15H2,(H3,29,30)(H,32,35)(H,33,34). The molecule has 9 heteroatoms. The van der Waals surface area contributed by atoms with Crippen LogP contribution >= 0.6 is 11.6 Å². The number of anilines is 2. The summed E-state index contributed by atoms with van der Waals surface area (Å²) >= 11 is 6.19. The number of nitrogens with two attached hydrogens (primary N) is 1. The van der Waals surface area contributed by atoms with E-state index in [-0.39, 0.29) is 18.3 Å². The topological polar surface area (TPSA) is 138 Å². The van der Waals surface area contributed by atoms with Crippen LogP contribution in [0.1, 0.15) is 21.5 Å². The molecule has 0 aliphatic heterocycles. The first-order valence-corrected chi connectivity index (χ1v) is 11.3. The molecule has 0 unspecified atom stereocenters. The van der Waals surface area contributed by atoms with Gasteiger partial charge in [0, 0.05) is 34.1 Å². The van der Waals surface area contributed by atoms with Gasteiger partial charge in [0.25, 0.3) is 5.91 Å². The zero-order chi connectivity index (χ0) is 25.7. The molecule has 0 fully saturated rings. The fourth-order valence-electron chi connectivity index (χ4n) is 3.75. The Labute approximate surface area is 212 Å². The van der Waals surface area contributed by atoms with Crippen molar-refractivity contribution in [1.29, 1.82) is 5.41 Å². The van der Waals surface area contributed by atoms with Crippen molar-refractivity contribution < 1.29 is 19.4 Å². The van der Waals surface area contributed by atoms with Gasteiger partial charge in [0.2, 0.25) is 0 Å². The van der Waals surface area contributed by atoms with Gasteiger partial charge in [-0.2, -0.15) is 0 Å². The average molecular weight is 503 g/mol. The quantitative estimate of drug-likeness (QED) is 0.159. The Morgan fingerprint density at radius 1 is 1.00 bits per heavy atom. The number of hydrogen-bond acceptors (Lipinski definition) is 5. The first kappa shape index (κ1) is 24.6. The van der Waals surface area contributed by atoms with E-state index in [9.17, 15) is 9.59 Å². The molecule has 4 aromatic carbocycles. The summed E-state index contributed by atoms with van der Waals surface area (Å²) in [7, 11) is 0. The van der Waals surface area contributed by atoms with E-state index >= 15 is 0 Å². The Balaban J connectivity index is 1.60. The molecule has 0 bridgehead atoms. The van der Waals surface area contributed by atoms with E-state index in [1.807, 2.05) is 30.3 Å². The number of benzene rings is 4. The van der Waals surface area contributed by atoms with Crippen LogP contribution in [-0.2, 0) is 11.3 Å². The van der Waals surface area contributed by atoms with E-state index in [0.717, 1.165) is 16.3 Å². The maximum atomic E-state index is 13.1. The number of amidine groups is 1. The van der Waals surface area contributed by atoms with Gasteiger partial charge in [-0.1, -0.05) is 41.9 Å². The third-order valence-corrected chi connectivity index (χ3v) is 5.72. The lowest BCUT2D eigenvalue weighted by Crippen LogP contribution is -2.16. The average Bonchev–Trinajstić information content (AvgIpc) is 2.87. The fraction of sp³-hybridized carbons (Fsp3) is 0.0741. The van der Waals surface area contributed by atoms with Crippen molar-refractivity contribution in [1.82, 2.24) is 0 Å². The van der Waals surface area contributed by atoms with Gasteiger partial charge in [-0.05, 0) is 59.3 Å². The lowest BCUT2D eigenvalue weighted by Gasteiger charge is -2.17. The molecule has 4 rings (SSSR count). The molecular weight excluding hydrogens is 480 g/mol.